The van der Waals surface area contributed by atoms with Crippen molar-refractivity contribution >= 4 is 35.1 Å². The number of thioether (sulfide) groups is 2. The van der Waals surface area contributed by atoms with Gasteiger partial charge in [-0.15, -0.1) is 23.5 Å². The molecule has 140 valence electrons. The molecule has 0 amide bonds. The number of carbonyl (C=O) groups is 2. The van der Waals surface area contributed by atoms with Gasteiger partial charge in [0.05, 0.1) is 10.00 Å². The normalized spacial score (nSPS) is 49.4. The summed E-state index contributed by atoms with van der Waals surface area (Å²) in [6, 6.07) is 20.3. The molecule has 2 bridgehead atoms. The van der Waals surface area contributed by atoms with E-state index in [-0.39, 0.29) is 41.1 Å². The topological polar surface area (TPSA) is 34.1 Å². The van der Waals surface area contributed by atoms with Gasteiger partial charge in [-0.3, -0.25) is 9.59 Å². The predicted octanol–water partition coefficient (Wildman–Crippen LogP) is 4.59. The second-order valence-electron chi connectivity index (χ2n) is 8.85. The lowest BCUT2D eigenvalue weighted by atomic mass is 9.83. The number of benzene rings is 2. The second-order valence-corrected chi connectivity index (χ2v) is 11.4. The first kappa shape index (κ1) is 15.3. The van der Waals surface area contributed by atoms with E-state index in [0.717, 1.165) is 9.79 Å². The van der Waals surface area contributed by atoms with Gasteiger partial charge in [-0.25, -0.2) is 0 Å². The van der Waals surface area contributed by atoms with Crippen molar-refractivity contribution < 1.29 is 11.0 Å². The van der Waals surface area contributed by atoms with Gasteiger partial charge in [0.2, 0.25) is 0 Å². The van der Waals surface area contributed by atoms with Gasteiger partial charge in [0.1, 0.15) is 5.78 Å². The summed E-state index contributed by atoms with van der Waals surface area (Å²) in [7, 11) is 0. The molecule has 2 aromatic carbocycles. The Morgan fingerprint density at radius 1 is 0.893 bits per heavy atom. The van der Waals surface area contributed by atoms with Gasteiger partial charge < -0.3 is 0 Å². The molecular formula is C24H20O2S2. The minimum Gasteiger partial charge on any atom is -0.298 e. The van der Waals surface area contributed by atoms with Crippen LogP contribution in [0.3, 0.4) is 0 Å². The summed E-state index contributed by atoms with van der Waals surface area (Å²) < 4.78 is 7.97. The Balaban J connectivity index is 1.32. The lowest BCUT2D eigenvalue weighted by Crippen LogP contribution is -2.46. The number of ketones is 2. The summed E-state index contributed by atoms with van der Waals surface area (Å²) in [6.07, 6.45) is -0.311. The average Bonchev–Trinajstić information content (AvgIpc) is 3.66. The number of hydrogen-bond acceptors (Lipinski definition) is 4. The van der Waals surface area contributed by atoms with Crippen LogP contribution in [-0.2, 0) is 9.59 Å². The molecule has 6 aliphatic rings. The maximum atomic E-state index is 13.7. The highest BCUT2D eigenvalue weighted by Crippen LogP contribution is 2.88. The van der Waals surface area contributed by atoms with E-state index in [4.69, 9.17) is 1.37 Å². The molecule has 10 atom stereocenters. The molecular weight excluding hydrogens is 384 g/mol. The average molecular weight is 406 g/mol. The number of hydrogen-bond donors (Lipinski definition) is 0. The van der Waals surface area contributed by atoms with Crippen molar-refractivity contribution in [1.82, 2.24) is 0 Å². The zero-order chi connectivity index (χ0) is 19.5. The zero-order valence-electron chi connectivity index (χ0n) is 16.1. The summed E-state index contributed by atoms with van der Waals surface area (Å²) in [5.74, 6) is 2.30. The fourth-order valence-corrected chi connectivity index (χ4v) is 9.59. The van der Waals surface area contributed by atoms with Crippen LogP contribution in [0.1, 0.15) is 7.77 Å². The van der Waals surface area contributed by atoms with Gasteiger partial charge >= 0.3 is 0 Å². The SMILES string of the molecule is [2H][C@H]1[C@H]2C(=O)[C@@H](Sc3ccccc3)[C@H]([C@]3(Sc4ccccc4)C(=O)C4[C@@H]5C3[C@H]45)[C@@H]12. The standard InChI is InChI=1S/C24H20O2S2/c25-21-15-11-14(15)19(22(21)27-12-7-3-1-4-8-12)24(28-13-9-5-2-6-10-13)20-16-17(20)18(16)23(24)26/h1-10,14-20,22H,11H2/t14-,15+,16-,17+,18?,19+,20?,22-,24+/m0/s1/i11D/t11-,14+,15-,16-,17+,18?,19-,20?,22+,24-/m1. The summed E-state index contributed by atoms with van der Waals surface area (Å²) in [4.78, 5) is 29.2. The lowest BCUT2D eigenvalue weighted by molar-refractivity contribution is -0.121. The number of rotatable bonds is 5. The van der Waals surface area contributed by atoms with Crippen molar-refractivity contribution in [2.75, 3.05) is 0 Å². The molecule has 8 rings (SSSR count). The lowest BCUT2D eigenvalue weighted by Gasteiger charge is -2.38. The highest BCUT2D eigenvalue weighted by atomic mass is 32.2. The van der Waals surface area contributed by atoms with E-state index in [1.54, 1.807) is 23.5 Å². The molecule has 0 aliphatic heterocycles. The van der Waals surface area contributed by atoms with E-state index in [9.17, 15) is 9.59 Å². The Bertz CT molecular complexity index is 1030. The van der Waals surface area contributed by atoms with Crippen molar-refractivity contribution in [3.05, 3.63) is 60.7 Å². The first-order valence-corrected chi connectivity index (χ1v) is 11.8. The monoisotopic (exact) mass is 405 g/mol. The highest BCUT2D eigenvalue weighted by molar-refractivity contribution is 8.02. The first-order chi connectivity index (χ1) is 14.1. The molecule has 2 unspecified atom stereocenters. The minimum atomic E-state index is -0.501. The van der Waals surface area contributed by atoms with Crippen molar-refractivity contribution in [2.45, 2.75) is 26.2 Å². The molecule has 2 nitrogen and oxygen atoms in total. The molecule has 4 heteroatoms. The van der Waals surface area contributed by atoms with Crippen LogP contribution in [-0.4, -0.2) is 21.6 Å². The Morgan fingerprint density at radius 2 is 1.54 bits per heavy atom. The quantitative estimate of drug-likeness (QED) is 0.729. The Labute approximate surface area is 174 Å². The molecule has 6 saturated carbocycles. The molecule has 0 aromatic heterocycles. The zero-order valence-corrected chi connectivity index (χ0v) is 16.7. The maximum absolute atomic E-state index is 13.7. The summed E-state index contributed by atoms with van der Waals surface area (Å²) >= 11 is 3.36. The van der Waals surface area contributed by atoms with Crippen molar-refractivity contribution in [1.29, 1.82) is 0 Å². The molecule has 0 saturated heterocycles. The second kappa shape index (κ2) is 5.34. The molecule has 6 fully saturated rings. The third-order valence-electron chi connectivity index (χ3n) is 7.59. The highest BCUT2D eigenvalue weighted by Gasteiger charge is 2.92. The molecule has 0 spiro atoms. The van der Waals surface area contributed by atoms with Gasteiger partial charge in [0.15, 0.2) is 5.78 Å². The van der Waals surface area contributed by atoms with Crippen LogP contribution in [0.4, 0.5) is 0 Å². The number of fused-ring (bicyclic) bond motifs is 2. The van der Waals surface area contributed by atoms with E-state index in [1.807, 2.05) is 36.4 Å². The van der Waals surface area contributed by atoms with Crippen LogP contribution >= 0.6 is 23.5 Å². The molecule has 2 aromatic rings. The number of carbonyl (C=O) groups excluding carboxylic acids is 2. The number of Topliss-reactive ketones (excluding diaryl/α,β-unsaturated/α-hetero) is 2. The molecule has 0 heterocycles. The molecule has 0 radical (unpaired) electrons. The van der Waals surface area contributed by atoms with Crippen LogP contribution in [0.15, 0.2) is 70.5 Å². The van der Waals surface area contributed by atoms with Gasteiger partial charge in [0, 0.05) is 28.9 Å². The van der Waals surface area contributed by atoms with Gasteiger partial charge in [-0.2, -0.15) is 0 Å². The molecule has 0 N–H and O–H groups in total. The smallest absolute Gasteiger partial charge is 0.153 e. The summed E-state index contributed by atoms with van der Waals surface area (Å²) in [5.41, 5.74) is 0. The van der Waals surface area contributed by atoms with Crippen LogP contribution in [0, 0.1) is 41.4 Å². The third kappa shape index (κ3) is 1.94. The molecule has 6 aliphatic carbocycles. The predicted molar refractivity (Wildman–Crippen MR) is 110 cm³/mol. The van der Waals surface area contributed by atoms with E-state index in [2.05, 4.69) is 24.3 Å². The van der Waals surface area contributed by atoms with Gasteiger partial charge in [-0.1, -0.05) is 36.4 Å². The van der Waals surface area contributed by atoms with Crippen LogP contribution in [0.5, 0.6) is 0 Å². The maximum Gasteiger partial charge on any atom is 0.153 e. The fourth-order valence-electron chi connectivity index (χ4n) is 6.28. The van der Waals surface area contributed by atoms with Gasteiger partial charge in [-0.05, 0) is 54.3 Å². The summed E-state index contributed by atoms with van der Waals surface area (Å²) in [5, 5.41) is -0.201. The van der Waals surface area contributed by atoms with E-state index < -0.39 is 4.75 Å². The third-order valence-corrected chi connectivity index (χ3v) is 10.5. The first-order valence-electron chi connectivity index (χ1n) is 10.7. The Hall–Kier alpha value is -1.52. The summed E-state index contributed by atoms with van der Waals surface area (Å²) in [6.45, 7) is 0. The van der Waals surface area contributed by atoms with Crippen LogP contribution < -0.4 is 0 Å². The van der Waals surface area contributed by atoms with E-state index in [1.165, 1.54) is 0 Å². The van der Waals surface area contributed by atoms with E-state index in [0.29, 0.717) is 23.5 Å². The molecule has 28 heavy (non-hydrogen) atoms. The van der Waals surface area contributed by atoms with Crippen molar-refractivity contribution in [3.63, 3.8) is 0 Å². The van der Waals surface area contributed by atoms with Crippen LogP contribution in [0.2, 0.25) is 0 Å². The Morgan fingerprint density at radius 3 is 2.14 bits per heavy atom. The van der Waals surface area contributed by atoms with Gasteiger partial charge in [0.25, 0.3) is 0 Å². The van der Waals surface area contributed by atoms with Crippen LogP contribution in [0.25, 0.3) is 0 Å². The largest absolute Gasteiger partial charge is 0.298 e. The van der Waals surface area contributed by atoms with Crippen molar-refractivity contribution in [2.24, 2.45) is 41.4 Å². The fraction of sp³-hybridized carbons (Fsp3) is 0.417. The van der Waals surface area contributed by atoms with Crippen molar-refractivity contribution in [3.8, 4) is 0 Å². The minimum absolute atomic E-state index is 0.0181. The van der Waals surface area contributed by atoms with E-state index >= 15 is 0 Å². The Kier molecular flexibility index (Phi) is 2.92.